The van der Waals surface area contributed by atoms with E-state index in [-0.39, 0.29) is 11.6 Å². The molecular formula is C28H26Br2FN2O5P. The Hall–Kier alpha value is -2.88. The highest BCUT2D eigenvalue weighted by Gasteiger charge is 2.14. The number of carbonyl (C=O) groups is 2. The molecule has 0 radical (unpaired) electrons. The highest BCUT2D eigenvalue weighted by molar-refractivity contribution is 9.10. The third kappa shape index (κ3) is 12.7. The summed E-state index contributed by atoms with van der Waals surface area (Å²) in [6, 6.07) is 26.7. The number of pyridine rings is 2. The van der Waals surface area contributed by atoms with Gasteiger partial charge in [0.2, 0.25) is 0 Å². The Morgan fingerprint density at radius 3 is 1.38 bits per heavy atom. The first kappa shape index (κ1) is 32.3. The van der Waals surface area contributed by atoms with Crippen molar-refractivity contribution in [1.82, 2.24) is 0 Å². The lowest BCUT2D eigenvalue weighted by atomic mass is 10.1. The summed E-state index contributed by atoms with van der Waals surface area (Å²) in [4.78, 5) is 41.0. The molecule has 0 aliphatic rings. The highest BCUT2D eigenvalue weighted by atomic mass is 79.9. The fourth-order valence-corrected chi connectivity index (χ4v) is 4.14. The number of ketones is 2. The van der Waals surface area contributed by atoms with Gasteiger partial charge in [-0.1, -0.05) is 68.3 Å². The van der Waals surface area contributed by atoms with Crippen LogP contribution in [0.2, 0.25) is 0 Å². The quantitative estimate of drug-likeness (QED) is 0.173. The number of rotatable bonds is 6. The Bertz CT molecular complexity index is 1370. The number of nitrogens with zero attached hydrogens (tertiary/aromatic N) is 2. The Labute approximate surface area is 243 Å². The Balaban J connectivity index is 0.000000234. The fraction of sp³-hybridized carbons (Fsp3) is 0.143. The van der Waals surface area contributed by atoms with E-state index in [4.69, 9.17) is 14.4 Å². The third-order valence-corrected chi connectivity index (χ3v) is 6.29. The number of halogens is 3. The predicted molar refractivity (Wildman–Crippen MR) is 148 cm³/mol. The van der Waals surface area contributed by atoms with Crippen LogP contribution in [0.15, 0.2) is 106 Å². The molecule has 0 saturated carbocycles. The first-order valence-electron chi connectivity index (χ1n) is 11.5. The first-order chi connectivity index (χ1) is 18.3. The maximum absolute atomic E-state index is 12.1. The second-order valence-corrected chi connectivity index (χ2v) is 10.9. The van der Waals surface area contributed by atoms with Gasteiger partial charge in [0.15, 0.2) is 35.3 Å². The lowest BCUT2D eigenvalue weighted by Gasteiger charge is -2.15. The van der Waals surface area contributed by atoms with E-state index < -0.39 is 7.91 Å². The number of carbonyl (C=O) groups excluding carboxylic acids is 2. The molecule has 0 atom stereocenters. The van der Waals surface area contributed by atoms with E-state index in [0.717, 1.165) is 31.5 Å². The second-order valence-electron chi connectivity index (χ2n) is 8.26. The van der Waals surface area contributed by atoms with E-state index in [2.05, 4.69) is 31.9 Å². The number of benzene rings is 2. The van der Waals surface area contributed by atoms with Crippen molar-refractivity contribution < 1.29 is 37.3 Å². The van der Waals surface area contributed by atoms with Crippen LogP contribution in [0.5, 0.6) is 0 Å². The molecule has 7 nitrogen and oxygen atoms in total. The highest BCUT2D eigenvalue weighted by Crippen LogP contribution is 2.22. The van der Waals surface area contributed by atoms with Gasteiger partial charge >= 0.3 is 0 Å². The summed E-state index contributed by atoms with van der Waals surface area (Å²) in [6.45, 7) is 0. The van der Waals surface area contributed by atoms with Crippen molar-refractivity contribution >= 4 is 51.3 Å². The Morgan fingerprint density at radius 1 is 0.718 bits per heavy atom. The lowest BCUT2D eigenvalue weighted by molar-refractivity contribution is -0.678. The van der Waals surface area contributed by atoms with Crippen LogP contribution < -0.4 is 18.9 Å². The van der Waals surface area contributed by atoms with Gasteiger partial charge in [-0.05, 0) is 24.3 Å². The fourth-order valence-electron chi connectivity index (χ4n) is 3.34. The van der Waals surface area contributed by atoms with Gasteiger partial charge in [-0.25, -0.2) is 13.3 Å². The van der Waals surface area contributed by atoms with E-state index >= 15 is 0 Å². The van der Waals surface area contributed by atoms with E-state index in [1.807, 2.05) is 121 Å². The molecule has 2 heterocycles. The van der Waals surface area contributed by atoms with Crippen LogP contribution in [0, 0.1) is 0 Å². The molecule has 2 aromatic heterocycles. The second kappa shape index (κ2) is 15.6. The summed E-state index contributed by atoms with van der Waals surface area (Å²) in [6.07, 6.45) is 4.74. The molecule has 0 unspecified atom stereocenters. The largest absolute Gasteiger partial charge is 0.786 e. The Kier molecular flexibility index (Phi) is 13.0. The van der Waals surface area contributed by atoms with Crippen molar-refractivity contribution in [3.63, 3.8) is 0 Å². The zero-order valence-electron chi connectivity index (χ0n) is 21.2. The maximum Gasteiger partial charge on any atom is 0.188 e. The summed E-state index contributed by atoms with van der Waals surface area (Å²) >= 11 is 6.75. The summed E-state index contributed by atoms with van der Waals surface area (Å²) in [5, 5.41) is 0. The van der Waals surface area contributed by atoms with Crippen LogP contribution in [0.25, 0.3) is 0 Å². The van der Waals surface area contributed by atoms with Gasteiger partial charge in [0.25, 0.3) is 0 Å². The van der Waals surface area contributed by atoms with Crippen LogP contribution in [-0.2, 0) is 31.5 Å². The summed E-state index contributed by atoms with van der Waals surface area (Å²) in [5.41, 5.74) is 3.50. The molecule has 0 aliphatic heterocycles. The summed E-state index contributed by atoms with van der Waals surface area (Å²) in [7, 11) is -1.74. The van der Waals surface area contributed by atoms with Crippen molar-refractivity contribution in [2.24, 2.45) is 14.1 Å². The number of hydrogen-bond donors (Lipinski definition) is 0. The smallest absolute Gasteiger partial charge is 0.188 e. The molecule has 4 aromatic rings. The third-order valence-electron chi connectivity index (χ3n) is 5.30. The molecule has 0 bridgehead atoms. The zero-order chi connectivity index (χ0) is 29.0. The number of aromatic nitrogens is 2. The van der Waals surface area contributed by atoms with E-state index in [1.54, 1.807) is 0 Å². The van der Waals surface area contributed by atoms with Crippen molar-refractivity contribution in [2.45, 2.75) is 12.8 Å². The van der Waals surface area contributed by atoms with Gasteiger partial charge in [0, 0.05) is 44.3 Å². The summed E-state index contributed by atoms with van der Waals surface area (Å²) in [5.74, 6) is 0.265. The van der Waals surface area contributed by atoms with Crippen molar-refractivity contribution in [3.05, 3.63) is 129 Å². The predicted octanol–water partition coefficient (Wildman–Crippen LogP) is 4.18. The van der Waals surface area contributed by atoms with E-state index in [1.165, 1.54) is 0 Å². The number of hydrogen-bond acceptors (Lipinski definition) is 5. The molecule has 0 saturated heterocycles. The van der Waals surface area contributed by atoms with Gasteiger partial charge in [0.1, 0.15) is 22.0 Å². The molecule has 39 heavy (non-hydrogen) atoms. The van der Waals surface area contributed by atoms with Gasteiger partial charge in [0.05, 0.1) is 12.8 Å². The molecule has 0 N–H and O–H groups in total. The SMILES string of the molecule is C[n+]1ccccc1CC(=O)c1cccc(Br)c1.C[n+]1ccccc1CC(=O)c1cccc(Br)c1.O=P([O-])([O-])F. The topological polar surface area (TPSA) is 105 Å². The van der Waals surface area contributed by atoms with Crippen molar-refractivity contribution in [1.29, 1.82) is 0 Å². The Morgan fingerprint density at radius 2 is 1.08 bits per heavy atom. The minimum Gasteiger partial charge on any atom is -0.786 e. The van der Waals surface area contributed by atoms with E-state index in [9.17, 15) is 13.8 Å². The molecule has 0 amide bonds. The van der Waals surface area contributed by atoms with Crippen LogP contribution in [0.3, 0.4) is 0 Å². The maximum atomic E-state index is 12.1. The molecule has 0 spiro atoms. The van der Waals surface area contributed by atoms with Crippen LogP contribution in [0.4, 0.5) is 4.20 Å². The standard InChI is InChI=1S/2C14H13BrNO.FH2O3P/c2*1-16-8-3-2-7-13(16)10-14(17)11-5-4-6-12(15)9-11;1-5(2,3)4/h2*2-9H,10H2,1H3;(H2,2,3,4)/q2*+1;/p-2. The molecule has 11 heteroatoms. The molecule has 0 aliphatic carbocycles. The molecule has 0 fully saturated rings. The summed E-state index contributed by atoms with van der Waals surface area (Å²) < 4.78 is 24.4. The van der Waals surface area contributed by atoms with Crippen LogP contribution in [-0.4, -0.2) is 11.6 Å². The van der Waals surface area contributed by atoms with E-state index in [0.29, 0.717) is 12.8 Å². The van der Waals surface area contributed by atoms with Crippen molar-refractivity contribution in [2.75, 3.05) is 0 Å². The van der Waals surface area contributed by atoms with Gasteiger partial charge in [-0.15, -0.1) is 0 Å². The molecular weight excluding hydrogens is 654 g/mol. The van der Waals surface area contributed by atoms with Gasteiger partial charge in [-0.2, -0.15) is 0 Å². The van der Waals surface area contributed by atoms with Gasteiger partial charge in [-0.3, -0.25) is 9.59 Å². The molecule has 4 rings (SSSR count). The van der Waals surface area contributed by atoms with Gasteiger partial charge < -0.3 is 14.4 Å². The average Bonchev–Trinajstić information content (AvgIpc) is 2.86. The number of aryl methyl sites for hydroxylation is 2. The van der Waals surface area contributed by atoms with Crippen molar-refractivity contribution in [3.8, 4) is 0 Å². The molecule has 2 aromatic carbocycles. The van der Waals surface area contributed by atoms with Crippen LogP contribution in [0.1, 0.15) is 32.1 Å². The minimum atomic E-state index is -5.64. The molecule has 204 valence electrons. The normalized spacial score (nSPS) is 10.4. The van der Waals surface area contributed by atoms with Crippen LogP contribution >= 0.6 is 39.8 Å². The average molecular weight is 680 g/mol. The zero-order valence-corrected chi connectivity index (χ0v) is 25.2. The minimum absolute atomic E-state index is 0.133. The first-order valence-corrected chi connectivity index (χ1v) is 14.5. The lowest BCUT2D eigenvalue weighted by Crippen LogP contribution is -2.33. The number of Topliss-reactive ketones (excluding diaryl/α,β-unsaturated/α-hetero) is 2. The monoisotopic (exact) mass is 678 g/mol.